The van der Waals surface area contributed by atoms with Gasteiger partial charge >= 0.3 is 0 Å². The van der Waals surface area contributed by atoms with Crippen LogP contribution in [0.3, 0.4) is 0 Å². The number of nitrogens with zero attached hydrogens (tertiary/aromatic N) is 3. The number of amides is 1. The summed E-state index contributed by atoms with van der Waals surface area (Å²) in [6.07, 6.45) is 9.43. The molecule has 7 heteroatoms. The van der Waals surface area contributed by atoms with Gasteiger partial charge < -0.3 is 4.90 Å². The van der Waals surface area contributed by atoms with Crippen LogP contribution >= 0.6 is 23.1 Å². The minimum absolute atomic E-state index is 0.0201. The molecule has 0 bridgehead atoms. The first kappa shape index (κ1) is 20.7. The van der Waals surface area contributed by atoms with Crippen molar-refractivity contribution >= 4 is 39.2 Å². The molecule has 3 heterocycles. The van der Waals surface area contributed by atoms with E-state index in [0.29, 0.717) is 23.4 Å². The fourth-order valence-electron chi connectivity index (χ4n) is 4.34. The lowest BCUT2D eigenvalue weighted by Crippen LogP contribution is -2.33. The Morgan fingerprint density at radius 1 is 1.31 bits per heavy atom. The van der Waals surface area contributed by atoms with Gasteiger partial charge in [0.15, 0.2) is 5.16 Å². The lowest BCUT2D eigenvalue weighted by molar-refractivity contribution is -0.128. The number of hydrogen-bond acceptors (Lipinski definition) is 5. The first-order chi connectivity index (χ1) is 14.1. The summed E-state index contributed by atoms with van der Waals surface area (Å²) in [6.45, 7) is 8.20. The predicted octanol–water partition coefficient (Wildman–Crippen LogP) is 4.26. The summed E-state index contributed by atoms with van der Waals surface area (Å²) >= 11 is 3.06. The summed E-state index contributed by atoms with van der Waals surface area (Å²) < 4.78 is 1.70. The molecule has 0 saturated carbocycles. The number of likely N-dealkylation sites (tertiary alicyclic amines) is 1. The van der Waals surface area contributed by atoms with Gasteiger partial charge in [0.25, 0.3) is 5.56 Å². The van der Waals surface area contributed by atoms with Crippen LogP contribution in [0.25, 0.3) is 10.2 Å². The largest absolute Gasteiger partial charge is 0.342 e. The number of aromatic nitrogens is 2. The average Bonchev–Trinajstić information content (AvgIpc) is 2.88. The van der Waals surface area contributed by atoms with Crippen LogP contribution in [0.1, 0.15) is 49.5 Å². The van der Waals surface area contributed by atoms with Crippen molar-refractivity contribution < 1.29 is 4.79 Å². The molecule has 0 radical (unpaired) electrons. The van der Waals surface area contributed by atoms with Crippen LogP contribution in [0.5, 0.6) is 0 Å². The van der Waals surface area contributed by atoms with E-state index in [1.54, 1.807) is 22.0 Å². The molecule has 2 aromatic rings. The van der Waals surface area contributed by atoms with E-state index >= 15 is 0 Å². The Balaban J connectivity index is 1.63. The van der Waals surface area contributed by atoms with E-state index in [1.807, 2.05) is 4.90 Å². The number of thiophene rings is 1. The van der Waals surface area contributed by atoms with Gasteiger partial charge in [-0.25, -0.2) is 4.98 Å². The smallest absolute Gasteiger partial charge is 0.263 e. The molecule has 0 aromatic carbocycles. The molecule has 0 N–H and O–H groups in total. The van der Waals surface area contributed by atoms with Gasteiger partial charge in [0, 0.05) is 24.5 Å². The highest BCUT2D eigenvalue weighted by Crippen LogP contribution is 2.36. The molecule has 1 atom stereocenters. The Kier molecular flexibility index (Phi) is 6.44. The quantitative estimate of drug-likeness (QED) is 0.403. The fraction of sp³-hybridized carbons (Fsp3) is 0.591. The highest BCUT2D eigenvalue weighted by Gasteiger charge is 2.25. The van der Waals surface area contributed by atoms with Crippen molar-refractivity contribution in [2.24, 2.45) is 5.92 Å². The van der Waals surface area contributed by atoms with E-state index in [4.69, 9.17) is 4.98 Å². The van der Waals surface area contributed by atoms with Gasteiger partial charge in [0.1, 0.15) is 4.83 Å². The summed E-state index contributed by atoms with van der Waals surface area (Å²) in [5.41, 5.74) is 1.22. The average molecular weight is 432 g/mol. The van der Waals surface area contributed by atoms with Crippen LogP contribution in [0.4, 0.5) is 0 Å². The summed E-state index contributed by atoms with van der Waals surface area (Å²) in [6, 6.07) is 0. The monoisotopic (exact) mass is 431 g/mol. The molecular formula is C22H29N3O2S2. The lowest BCUT2D eigenvalue weighted by atomic mass is 9.89. The molecule has 1 fully saturated rings. The Hall–Kier alpha value is -1.60. The summed E-state index contributed by atoms with van der Waals surface area (Å²) in [5.74, 6) is 1.14. The van der Waals surface area contributed by atoms with Gasteiger partial charge in [-0.3, -0.25) is 14.2 Å². The molecular weight excluding hydrogens is 402 g/mol. The van der Waals surface area contributed by atoms with Crippen molar-refractivity contribution in [3.05, 3.63) is 33.4 Å². The van der Waals surface area contributed by atoms with Gasteiger partial charge in [-0.1, -0.05) is 37.6 Å². The number of hydrogen-bond donors (Lipinski definition) is 0. The van der Waals surface area contributed by atoms with Crippen molar-refractivity contribution in [1.82, 2.24) is 14.5 Å². The first-order valence-corrected chi connectivity index (χ1v) is 12.4. The number of fused-ring (bicyclic) bond motifs is 3. The van der Waals surface area contributed by atoms with Gasteiger partial charge in [-0.2, -0.15) is 0 Å². The lowest BCUT2D eigenvalue weighted by Gasteiger charge is -2.20. The molecule has 156 valence electrons. The van der Waals surface area contributed by atoms with Crippen LogP contribution in [0.2, 0.25) is 0 Å². The van der Waals surface area contributed by atoms with E-state index in [2.05, 4.69) is 13.5 Å². The van der Waals surface area contributed by atoms with Crippen molar-refractivity contribution in [3.8, 4) is 0 Å². The van der Waals surface area contributed by atoms with Crippen LogP contribution in [-0.4, -0.2) is 39.2 Å². The molecule has 1 unspecified atom stereocenters. The Labute approximate surface area is 180 Å². The zero-order valence-corrected chi connectivity index (χ0v) is 18.7. The molecule has 5 nitrogen and oxygen atoms in total. The van der Waals surface area contributed by atoms with Crippen LogP contribution < -0.4 is 5.56 Å². The van der Waals surface area contributed by atoms with E-state index < -0.39 is 0 Å². The fourth-order valence-corrected chi connectivity index (χ4v) is 6.68. The number of carbonyl (C=O) groups excluding carboxylic acids is 1. The maximum absolute atomic E-state index is 13.3. The Morgan fingerprint density at radius 3 is 2.79 bits per heavy atom. The Morgan fingerprint density at radius 2 is 2.07 bits per heavy atom. The number of rotatable bonds is 5. The molecule has 1 aliphatic heterocycles. The molecule has 2 aromatic heterocycles. The second kappa shape index (κ2) is 9.04. The second-order valence-electron chi connectivity index (χ2n) is 8.21. The van der Waals surface area contributed by atoms with Crippen molar-refractivity contribution in [2.45, 2.75) is 63.6 Å². The highest BCUT2D eigenvalue weighted by atomic mass is 32.2. The standard InChI is InChI=1S/C22H29N3O2S2/c1-3-10-25-21(27)19-16-9-8-15(2)13-17(16)29-20(19)23-22(25)28-14-18(26)24-11-6-4-5-7-12-24/h3,15H,1,4-14H2,2H3. The minimum atomic E-state index is 0.0201. The number of thioether (sulfide) groups is 1. The van der Waals surface area contributed by atoms with Crippen molar-refractivity contribution in [1.29, 1.82) is 0 Å². The zero-order valence-electron chi connectivity index (χ0n) is 17.1. The zero-order chi connectivity index (χ0) is 20.4. The van der Waals surface area contributed by atoms with Gasteiger partial charge in [-0.05, 0) is 43.6 Å². The summed E-state index contributed by atoms with van der Waals surface area (Å²) in [4.78, 5) is 35.0. The number of carbonyl (C=O) groups is 1. The number of aryl methyl sites for hydroxylation is 1. The summed E-state index contributed by atoms with van der Waals surface area (Å²) in [5, 5.41) is 1.43. The van der Waals surface area contributed by atoms with Crippen LogP contribution in [-0.2, 0) is 24.2 Å². The van der Waals surface area contributed by atoms with Crippen LogP contribution in [0, 0.1) is 5.92 Å². The first-order valence-electron chi connectivity index (χ1n) is 10.6. The van der Waals surface area contributed by atoms with Crippen molar-refractivity contribution in [2.75, 3.05) is 18.8 Å². The van der Waals surface area contributed by atoms with Crippen LogP contribution in [0.15, 0.2) is 22.6 Å². The molecule has 1 aliphatic carbocycles. The molecule has 4 rings (SSSR count). The molecule has 2 aliphatic rings. The van der Waals surface area contributed by atoms with E-state index in [9.17, 15) is 9.59 Å². The third kappa shape index (κ3) is 4.31. The van der Waals surface area contributed by atoms with Gasteiger partial charge in [-0.15, -0.1) is 17.9 Å². The molecule has 1 saturated heterocycles. The van der Waals surface area contributed by atoms with E-state index in [-0.39, 0.29) is 11.5 Å². The Bertz CT molecular complexity index is 971. The molecule has 29 heavy (non-hydrogen) atoms. The maximum atomic E-state index is 13.3. The van der Waals surface area contributed by atoms with Gasteiger partial charge in [0.2, 0.25) is 5.91 Å². The third-order valence-electron chi connectivity index (χ3n) is 5.98. The second-order valence-corrected chi connectivity index (χ2v) is 10.2. The van der Waals surface area contributed by atoms with E-state index in [1.165, 1.54) is 35.0 Å². The molecule has 1 amide bonds. The predicted molar refractivity (Wildman–Crippen MR) is 121 cm³/mol. The maximum Gasteiger partial charge on any atom is 0.263 e. The molecule has 0 spiro atoms. The highest BCUT2D eigenvalue weighted by molar-refractivity contribution is 7.99. The SMILES string of the molecule is C=CCn1c(SCC(=O)N2CCCCCC2)nc2sc3c(c2c1=O)CCC(C)C3. The number of allylic oxidation sites excluding steroid dienone is 1. The topological polar surface area (TPSA) is 55.2 Å². The van der Waals surface area contributed by atoms with E-state index in [0.717, 1.165) is 55.4 Å². The summed E-state index contributed by atoms with van der Waals surface area (Å²) in [7, 11) is 0. The third-order valence-corrected chi connectivity index (χ3v) is 8.08. The minimum Gasteiger partial charge on any atom is -0.342 e. The van der Waals surface area contributed by atoms with Gasteiger partial charge in [0.05, 0.1) is 11.1 Å². The van der Waals surface area contributed by atoms with Crippen molar-refractivity contribution in [3.63, 3.8) is 0 Å². The normalized spacial score (nSPS) is 19.8.